The van der Waals surface area contributed by atoms with Crippen molar-refractivity contribution in [1.29, 1.82) is 0 Å². The Bertz CT molecular complexity index is 2290. The molecule has 5 heteroatoms. The highest BCUT2D eigenvalue weighted by Crippen LogP contribution is 2.37. The lowest BCUT2D eigenvalue weighted by Crippen LogP contribution is -2.08. The predicted octanol–water partition coefficient (Wildman–Crippen LogP) is 11.7. The number of aryl methyl sites for hydroxylation is 1. The summed E-state index contributed by atoms with van der Waals surface area (Å²) in [4.78, 5) is 4.73. The molecule has 0 aliphatic carbocycles. The molecule has 0 aliphatic rings. The number of rotatable bonds is 11. The number of pyridine rings is 1. The van der Waals surface area contributed by atoms with Crippen LogP contribution in [0.5, 0.6) is 11.5 Å². The number of aromatic nitrogens is 4. The molecule has 0 aliphatic heterocycles. The molecule has 7 aromatic rings. The fourth-order valence-electron chi connectivity index (χ4n) is 7.30. The lowest BCUT2D eigenvalue weighted by molar-refractivity contribution is 0.483. The summed E-state index contributed by atoms with van der Waals surface area (Å²) < 4.78 is 10.8. The molecule has 7 rings (SSSR count). The highest BCUT2D eigenvalue weighted by Gasteiger charge is 2.20. The summed E-state index contributed by atoms with van der Waals surface area (Å²) in [7, 11) is 0. The van der Waals surface area contributed by atoms with Crippen molar-refractivity contribution in [3.63, 3.8) is 0 Å². The van der Waals surface area contributed by atoms with Crippen LogP contribution in [-0.4, -0.2) is 19.3 Å². The van der Waals surface area contributed by atoms with Gasteiger partial charge < -0.3 is 4.74 Å². The fourth-order valence-corrected chi connectivity index (χ4v) is 7.30. The average Bonchev–Trinajstić information content (AvgIpc) is 3.69. The van der Waals surface area contributed by atoms with Gasteiger partial charge in [-0.3, -0.25) is 4.57 Å². The molecule has 0 fully saturated rings. The Morgan fingerprint density at radius 3 is 2.16 bits per heavy atom. The zero-order valence-electron chi connectivity index (χ0n) is 30.4. The summed E-state index contributed by atoms with van der Waals surface area (Å²) in [5, 5.41) is 7.27. The molecular formula is C45H48N4O. The molecule has 3 heterocycles. The van der Waals surface area contributed by atoms with Gasteiger partial charge >= 0.3 is 0 Å². The van der Waals surface area contributed by atoms with E-state index in [2.05, 4.69) is 132 Å². The van der Waals surface area contributed by atoms with Gasteiger partial charge in [-0.2, -0.15) is 5.10 Å². The smallest absolute Gasteiger partial charge is 0.137 e. The van der Waals surface area contributed by atoms with Crippen LogP contribution in [0.15, 0.2) is 110 Å². The standard InChI is InChI=1S/C45H48N4O/c1-29(2)21-33-15-16-34(22-30(3)4)45(41(33)23-31(5)6)35-27-47-48(28-35)36-11-10-12-37(25-36)50-38-17-18-40-39-13-8-9-14-42(39)49(43(40)26-38)44-24-32(7)19-20-46-44/h8-20,24-31H,21-23H2,1-7H3. The Balaban J connectivity index is 1.25. The van der Waals surface area contributed by atoms with Gasteiger partial charge in [0.05, 0.1) is 22.9 Å². The first-order valence-corrected chi connectivity index (χ1v) is 18.1. The van der Waals surface area contributed by atoms with E-state index in [0.717, 1.165) is 53.3 Å². The maximum Gasteiger partial charge on any atom is 0.137 e. The summed E-state index contributed by atoms with van der Waals surface area (Å²) in [5.74, 6) is 4.15. The number of para-hydroxylation sites is 1. The van der Waals surface area contributed by atoms with Crippen molar-refractivity contribution in [2.24, 2.45) is 17.8 Å². The second-order valence-corrected chi connectivity index (χ2v) is 15.0. The predicted molar refractivity (Wildman–Crippen MR) is 208 cm³/mol. The van der Waals surface area contributed by atoms with E-state index in [1.54, 1.807) is 0 Å². The van der Waals surface area contributed by atoms with Gasteiger partial charge in [0, 0.05) is 40.9 Å². The molecule has 0 saturated carbocycles. The molecule has 0 N–H and O–H groups in total. The zero-order valence-corrected chi connectivity index (χ0v) is 30.4. The molecule has 0 bridgehead atoms. The minimum Gasteiger partial charge on any atom is -0.457 e. The van der Waals surface area contributed by atoms with Crippen molar-refractivity contribution in [3.05, 3.63) is 132 Å². The van der Waals surface area contributed by atoms with E-state index in [9.17, 15) is 0 Å². The SMILES string of the molecule is Cc1ccnc(-n2c3ccccc3c3ccc(Oc4cccc(-n5cc(-c6c(CC(C)C)ccc(CC(C)C)c6CC(C)C)cn5)c4)cc32)c1. The van der Waals surface area contributed by atoms with Crippen LogP contribution in [0.4, 0.5) is 0 Å². The normalized spacial score (nSPS) is 11.9. The van der Waals surface area contributed by atoms with Crippen LogP contribution in [0.3, 0.4) is 0 Å². The number of hydrogen-bond donors (Lipinski definition) is 0. The Hall–Kier alpha value is -5.16. The monoisotopic (exact) mass is 660 g/mol. The minimum atomic E-state index is 0.561. The number of hydrogen-bond acceptors (Lipinski definition) is 3. The Morgan fingerprint density at radius 1 is 0.660 bits per heavy atom. The molecule has 3 aromatic heterocycles. The van der Waals surface area contributed by atoms with Crippen molar-refractivity contribution in [3.8, 4) is 34.1 Å². The topological polar surface area (TPSA) is 44.9 Å². The molecule has 0 atom stereocenters. The van der Waals surface area contributed by atoms with Gasteiger partial charge in [-0.05, 0) is 114 Å². The van der Waals surface area contributed by atoms with Gasteiger partial charge in [0.1, 0.15) is 17.3 Å². The number of ether oxygens (including phenoxy) is 1. The average molecular weight is 661 g/mol. The third-order valence-electron chi connectivity index (χ3n) is 9.33. The van der Waals surface area contributed by atoms with E-state index in [1.807, 2.05) is 35.3 Å². The number of fused-ring (bicyclic) bond motifs is 3. The Morgan fingerprint density at radius 2 is 1.38 bits per heavy atom. The van der Waals surface area contributed by atoms with E-state index < -0.39 is 0 Å². The maximum absolute atomic E-state index is 6.55. The van der Waals surface area contributed by atoms with Gasteiger partial charge in [0.25, 0.3) is 0 Å². The number of nitrogens with zero attached hydrogens (tertiary/aromatic N) is 4. The fraction of sp³-hybridized carbons (Fsp3) is 0.289. The van der Waals surface area contributed by atoms with Gasteiger partial charge in [-0.25, -0.2) is 9.67 Å². The molecule has 0 radical (unpaired) electrons. The third kappa shape index (κ3) is 6.82. The van der Waals surface area contributed by atoms with Crippen LogP contribution in [0.1, 0.15) is 63.8 Å². The van der Waals surface area contributed by atoms with Gasteiger partial charge in [0.2, 0.25) is 0 Å². The molecule has 5 nitrogen and oxygen atoms in total. The van der Waals surface area contributed by atoms with Crippen molar-refractivity contribution in [1.82, 2.24) is 19.3 Å². The zero-order chi connectivity index (χ0) is 34.9. The highest BCUT2D eigenvalue weighted by molar-refractivity contribution is 6.09. The molecule has 254 valence electrons. The molecule has 0 saturated heterocycles. The molecule has 50 heavy (non-hydrogen) atoms. The van der Waals surface area contributed by atoms with Gasteiger partial charge in [-0.1, -0.05) is 77.9 Å². The van der Waals surface area contributed by atoms with Crippen molar-refractivity contribution >= 4 is 21.8 Å². The summed E-state index contributed by atoms with van der Waals surface area (Å²) in [5.41, 5.74) is 11.2. The van der Waals surface area contributed by atoms with Crippen molar-refractivity contribution in [2.45, 2.75) is 67.7 Å². The second-order valence-electron chi connectivity index (χ2n) is 15.0. The van der Waals surface area contributed by atoms with E-state index in [4.69, 9.17) is 14.8 Å². The summed E-state index contributed by atoms with van der Waals surface area (Å²) in [6, 6.07) is 31.9. The van der Waals surface area contributed by atoms with Gasteiger partial charge in [0.15, 0.2) is 0 Å². The Kier molecular flexibility index (Phi) is 9.33. The quantitative estimate of drug-likeness (QED) is 0.139. The molecular weight excluding hydrogens is 613 g/mol. The first-order chi connectivity index (χ1) is 24.1. The lowest BCUT2D eigenvalue weighted by atomic mass is 9.83. The molecule has 0 spiro atoms. The van der Waals surface area contributed by atoms with E-state index in [1.165, 1.54) is 44.2 Å². The first-order valence-electron chi connectivity index (χ1n) is 18.1. The molecule has 0 amide bonds. The first kappa shape index (κ1) is 33.3. The summed E-state index contributed by atoms with van der Waals surface area (Å²) in [6.07, 6.45) is 9.29. The Labute approximate surface area is 296 Å². The van der Waals surface area contributed by atoms with Crippen LogP contribution in [0, 0.1) is 24.7 Å². The second kappa shape index (κ2) is 14.0. The van der Waals surface area contributed by atoms with Crippen LogP contribution in [0.25, 0.3) is 44.4 Å². The summed E-state index contributed by atoms with van der Waals surface area (Å²) in [6.45, 7) is 16.0. The maximum atomic E-state index is 6.55. The largest absolute Gasteiger partial charge is 0.457 e. The third-order valence-corrected chi connectivity index (χ3v) is 9.33. The van der Waals surface area contributed by atoms with Crippen LogP contribution < -0.4 is 4.74 Å². The van der Waals surface area contributed by atoms with Gasteiger partial charge in [-0.15, -0.1) is 0 Å². The van der Waals surface area contributed by atoms with Crippen LogP contribution in [-0.2, 0) is 19.3 Å². The van der Waals surface area contributed by atoms with Crippen LogP contribution in [0.2, 0.25) is 0 Å². The minimum absolute atomic E-state index is 0.561. The van der Waals surface area contributed by atoms with Crippen molar-refractivity contribution < 1.29 is 4.74 Å². The molecule has 0 unspecified atom stereocenters. The van der Waals surface area contributed by atoms with Crippen molar-refractivity contribution in [2.75, 3.05) is 0 Å². The lowest BCUT2D eigenvalue weighted by Gasteiger charge is -2.22. The summed E-state index contributed by atoms with van der Waals surface area (Å²) >= 11 is 0. The molecule has 4 aromatic carbocycles. The van der Waals surface area contributed by atoms with E-state index in [-0.39, 0.29) is 0 Å². The highest BCUT2D eigenvalue weighted by atomic mass is 16.5. The number of benzene rings is 4. The van der Waals surface area contributed by atoms with Crippen LogP contribution >= 0.6 is 0 Å². The van der Waals surface area contributed by atoms with E-state index >= 15 is 0 Å². The van der Waals surface area contributed by atoms with E-state index in [0.29, 0.717) is 17.8 Å².